The predicted molar refractivity (Wildman–Crippen MR) is 96.4 cm³/mol. The number of nitrogens with zero attached hydrogens (tertiary/aromatic N) is 3. The van der Waals surface area contributed by atoms with Gasteiger partial charge in [0.2, 0.25) is 0 Å². The van der Waals surface area contributed by atoms with E-state index in [0.717, 1.165) is 42.0 Å². The number of likely N-dealkylation sites (N-methyl/N-ethyl adjacent to an activating group) is 1. The minimum atomic E-state index is -0.00746. The van der Waals surface area contributed by atoms with Gasteiger partial charge in [0, 0.05) is 18.0 Å². The summed E-state index contributed by atoms with van der Waals surface area (Å²) in [6.45, 7) is 5.12. The number of thiophene rings is 1. The summed E-state index contributed by atoms with van der Waals surface area (Å²) in [6.07, 6.45) is 2.53. The van der Waals surface area contributed by atoms with Gasteiger partial charge in [0.1, 0.15) is 16.9 Å². The standard InChI is InChI=1S/C18H19N3O2S/c1-3-20-9-8-12-15(10-20)24-17-16(12)18(22)21(11-19-17)13-6-4-5-7-14(13)23-2/h4-7,11H,3,8-10H2,1-2H3. The monoisotopic (exact) mass is 341 g/mol. The van der Waals surface area contributed by atoms with Crippen LogP contribution in [-0.2, 0) is 13.0 Å². The molecule has 0 N–H and O–H groups in total. The molecule has 1 aliphatic heterocycles. The highest BCUT2D eigenvalue weighted by Crippen LogP contribution is 2.32. The number of ether oxygens (including phenoxy) is 1. The first-order chi connectivity index (χ1) is 11.7. The van der Waals surface area contributed by atoms with Crippen molar-refractivity contribution >= 4 is 21.6 Å². The molecule has 0 bridgehead atoms. The van der Waals surface area contributed by atoms with E-state index in [-0.39, 0.29) is 5.56 Å². The van der Waals surface area contributed by atoms with Crippen LogP contribution in [0.5, 0.6) is 5.75 Å². The van der Waals surface area contributed by atoms with Gasteiger partial charge in [-0.2, -0.15) is 0 Å². The number of hydrogen-bond acceptors (Lipinski definition) is 5. The molecule has 0 saturated heterocycles. The summed E-state index contributed by atoms with van der Waals surface area (Å²) in [4.78, 5) is 22.2. The minimum Gasteiger partial charge on any atom is -0.495 e. The Bertz CT molecular complexity index is 961. The van der Waals surface area contributed by atoms with E-state index >= 15 is 0 Å². The third kappa shape index (κ3) is 2.34. The normalized spacial score (nSPS) is 14.8. The highest BCUT2D eigenvalue weighted by Gasteiger charge is 2.23. The first-order valence-electron chi connectivity index (χ1n) is 8.10. The molecule has 1 aliphatic rings. The lowest BCUT2D eigenvalue weighted by atomic mass is 10.1. The van der Waals surface area contributed by atoms with Crippen LogP contribution in [0.25, 0.3) is 15.9 Å². The van der Waals surface area contributed by atoms with Crippen LogP contribution in [0.1, 0.15) is 17.4 Å². The third-order valence-corrected chi connectivity index (χ3v) is 5.76. The van der Waals surface area contributed by atoms with Crippen molar-refractivity contribution in [3.05, 3.63) is 51.4 Å². The molecule has 24 heavy (non-hydrogen) atoms. The van der Waals surface area contributed by atoms with Gasteiger partial charge in [0.05, 0.1) is 18.2 Å². The van der Waals surface area contributed by atoms with Gasteiger partial charge in [-0.15, -0.1) is 11.3 Å². The summed E-state index contributed by atoms with van der Waals surface area (Å²) in [6, 6.07) is 7.53. The number of benzene rings is 1. The molecule has 0 fully saturated rings. The second-order valence-electron chi connectivity index (χ2n) is 5.89. The van der Waals surface area contributed by atoms with Crippen molar-refractivity contribution in [3.63, 3.8) is 0 Å². The van der Waals surface area contributed by atoms with Crippen LogP contribution in [-0.4, -0.2) is 34.7 Å². The van der Waals surface area contributed by atoms with Gasteiger partial charge in [-0.1, -0.05) is 19.1 Å². The Kier molecular flexibility index (Phi) is 3.86. The van der Waals surface area contributed by atoms with Crippen molar-refractivity contribution in [1.82, 2.24) is 14.5 Å². The molecule has 0 unspecified atom stereocenters. The molecule has 3 aromatic rings. The fraction of sp³-hybridized carbons (Fsp3) is 0.333. The minimum absolute atomic E-state index is 0.00746. The SMILES string of the molecule is CCN1CCc2c(sc3ncn(-c4ccccc4OC)c(=O)c23)C1. The summed E-state index contributed by atoms with van der Waals surface area (Å²) in [5.41, 5.74) is 1.90. The van der Waals surface area contributed by atoms with E-state index in [9.17, 15) is 4.79 Å². The molecule has 4 rings (SSSR count). The van der Waals surface area contributed by atoms with Crippen molar-refractivity contribution in [2.45, 2.75) is 19.9 Å². The van der Waals surface area contributed by atoms with Gasteiger partial charge in [-0.05, 0) is 30.7 Å². The average molecular weight is 341 g/mol. The van der Waals surface area contributed by atoms with Gasteiger partial charge < -0.3 is 4.74 Å². The maximum absolute atomic E-state index is 13.1. The van der Waals surface area contributed by atoms with E-state index in [0.29, 0.717) is 5.75 Å². The van der Waals surface area contributed by atoms with Crippen molar-refractivity contribution in [2.75, 3.05) is 20.2 Å². The van der Waals surface area contributed by atoms with Crippen LogP contribution >= 0.6 is 11.3 Å². The second-order valence-corrected chi connectivity index (χ2v) is 6.98. The molecule has 3 heterocycles. The van der Waals surface area contributed by atoms with Gasteiger partial charge in [-0.25, -0.2) is 4.98 Å². The van der Waals surface area contributed by atoms with E-state index in [4.69, 9.17) is 4.74 Å². The summed E-state index contributed by atoms with van der Waals surface area (Å²) >= 11 is 1.65. The molecular formula is C18H19N3O2S. The van der Waals surface area contributed by atoms with Crippen molar-refractivity contribution in [1.29, 1.82) is 0 Å². The molecule has 0 atom stereocenters. The zero-order chi connectivity index (χ0) is 16.7. The lowest BCUT2D eigenvalue weighted by molar-refractivity contribution is 0.272. The van der Waals surface area contributed by atoms with Crippen LogP contribution in [0.15, 0.2) is 35.4 Å². The average Bonchev–Trinajstić information content (AvgIpc) is 3.00. The molecule has 1 aromatic carbocycles. The van der Waals surface area contributed by atoms with Crippen LogP contribution in [0, 0.1) is 0 Å². The Morgan fingerprint density at radius 2 is 2.17 bits per heavy atom. The fourth-order valence-corrected chi connectivity index (χ4v) is 4.53. The molecule has 0 amide bonds. The van der Waals surface area contributed by atoms with Crippen LogP contribution in [0.2, 0.25) is 0 Å². The Labute approximate surface area is 144 Å². The molecular weight excluding hydrogens is 322 g/mol. The fourth-order valence-electron chi connectivity index (χ4n) is 3.31. The van der Waals surface area contributed by atoms with Crippen molar-refractivity contribution < 1.29 is 4.74 Å². The van der Waals surface area contributed by atoms with Crippen LogP contribution < -0.4 is 10.3 Å². The maximum atomic E-state index is 13.1. The molecule has 0 aliphatic carbocycles. The van der Waals surface area contributed by atoms with Crippen molar-refractivity contribution in [2.24, 2.45) is 0 Å². The van der Waals surface area contributed by atoms with Gasteiger partial charge >= 0.3 is 0 Å². The maximum Gasteiger partial charge on any atom is 0.267 e. The quantitative estimate of drug-likeness (QED) is 0.735. The largest absolute Gasteiger partial charge is 0.495 e. The number of methoxy groups -OCH3 is 1. The molecule has 0 radical (unpaired) electrons. The van der Waals surface area contributed by atoms with E-state index in [1.54, 1.807) is 29.3 Å². The Hall–Kier alpha value is -2.18. The van der Waals surface area contributed by atoms with Gasteiger partial charge in [0.15, 0.2) is 0 Å². The number of fused-ring (bicyclic) bond motifs is 3. The zero-order valence-corrected chi connectivity index (χ0v) is 14.6. The molecule has 0 saturated carbocycles. The summed E-state index contributed by atoms with van der Waals surface area (Å²) in [5.74, 6) is 0.669. The molecule has 5 nitrogen and oxygen atoms in total. The van der Waals surface area contributed by atoms with Crippen LogP contribution in [0.4, 0.5) is 0 Å². The topological polar surface area (TPSA) is 47.4 Å². The molecule has 124 valence electrons. The summed E-state index contributed by atoms with van der Waals surface area (Å²) in [7, 11) is 1.61. The van der Waals surface area contributed by atoms with Gasteiger partial charge in [-0.3, -0.25) is 14.3 Å². The second kappa shape index (κ2) is 6.03. The highest BCUT2D eigenvalue weighted by atomic mass is 32.1. The lowest BCUT2D eigenvalue weighted by Crippen LogP contribution is -2.30. The van der Waals surface area contributed by atoms with E-state index in [1.165, 1.54) is 10.4 Å². The third-order valence-electron chi connectivity index (χ3n) is 4.63. The Morgan fingerprint density at radius 3 is 2.96 bits per heavy atom. The van der Waals surface area contributed by atoms with Crippen molar-refractivity contribution in [3.8, 4) is 11.4 Å². The Balaban J connectivity index is 1.92. The molecule has 6 heteroatoms. The Morgan fingerprint density at radius 1 is 1.33 bits per heavy atom. The number of rotatable bonds is 3. The highest BCUT2D eigenvalue weighted by molar-refractivity contribution is 7.18. The zero-order valence-electron chi connectivity index (χ0n) is 13.8. The number of para-hydroxylation sites is 2. The van der Waals surface area contributed by atoms with E-state index in [2.05, 4.69) is 16.8 Å². The van der Waals surface area contributed by atoms with Gasteiger partial charge in [0.25, 0.3) is 5.56 Å². The van der Waals surface area contributed by atoms with E-state index < -0.39 is 0 Å². The molecule has 2 aromatic heterocycles. The molecule has 0 spiro atoms. The predicted octanol–water partition coefficient (Wildman–Crippen LogP) is 2.83. The van der Waals surface area contributed by atoms with E-state index in [1.807, 2.05) is 24.3 Å². The van der Waals surface area contributed by atoms with Crippen LogP contribution in [0.3, 0.4) is 0 Å². The summed E-state index contributed by atoms with van der Waals surface area (Å²) < 4.78 is 7.00. The number of aromatic nitrogens is 2. The summed E-state index contributed by atoms with van der Waals surface area (Å²) in [5, 5.41) is 0.777. The lowest BCUT2D eigenvalue weighted by Gasteiger charge is -2.24. The first-order valence-corrected chi connectivity index (χ1v) is 8.92. The first kappa shape index (κ1) is 15.4. The smallest absolute Gasteiger partial charge is 0.267 e. The number of hydrogen-bond donors (Lipinski definition) is 0.